The number of fused-ring (bicyclic) bond motifs is 1. The molecule has 3 aromatic rings. The molecule has 1 aromatic carbocycles. The van der Waals surface area contributed by atoms with Gasteiger partial charge >= 0.3 is 0 Å². The monoisotopic (exact) mass is 402 g/mol. The molecule has 1 fully saturated rings. The van der Waals surface area contributed by atoms with E-state index in [-0.39, 0.29) is 5.56 Å². The summed E-state index contributed by atoms with van der Waals surface area (Å²) in [4.78, 5) is 20.3. The highest BCUT2D eigenvalue weighted by Gasteiger charge is 2.27. The standard InChI is InChI=1S/C23H22N4OS/c24-15-16-1-4-18(5-2-16)26-8-10-27(11-9-26)19-6-3-17(13-19)21-14-22-20(7-12-29-22)23(28)25-21/h1-2,4-5,7,12-14,19H,3,6,8-11H2,(H,25,28)/t19-/m0/s1. The van der Waals surface area contributed by atoms with Gasteiger partial charge in [-0.2, -0.15) is 5.26 Å². The number of thiophene rings is 1. The second-order valence-electron chi connectivity index (χ2n) is 7.69. The summed E-state index contributed by atoms with van der Waals surface area (Å²) in [6.07, 6.45) is 4.46. The summed E-state index contributed by atoms with van der Waals surface area (Å²) in [6, 6.07) is 14.5. The van der Waals surface area contributed by atoms with Crippen LogP contribution in [0.25, 0.3) is 15.7 Å². The van der Waals surface area contributed by atoms with Crippen LogP contribution in [-0.4, -0.2) is 42.1 Å². The van der Waals surface area contributed by atoms with E-state index in [1.54, 1.807) is 11.3 Å². The molecule has 1 atom stereocenters. The van der Waals surface area contributed by atoms with Crippen molar-refractivity contribution in [2.24, 2.45) is 0 Å². The third-order valence-electron chi connectivity index (χ3n) is 6.06. The molecule has 146 valence electrons. The number of pyridine rings is 1. The molecule has 1 aliphatic heterocycles. The number of hydrogen-bond donors (Lipinski definition) is 1. The van der Waals surface area contributed by atoms with Crippen LogP contribution in [0, 0.1) is 11.3 Å². The molecular weight excluding hydrogens is 380 g/mol. The fraction of sp³-hybridized carbons (Fsp3) is 0.304. The molecule has 0 bridgehead atoms. The Kier molecular flexibility index (Phi) is 4.70. The number of benzene rings is 1. The van der Waals surface area contributed by atoms with E-state index in [1.807, 2.05) is 35.7 Å². The molecule has 5 nitrogen and oxygen atoms in total. The topological polar surface area (TPSA) is 63.1 Å². The maximum Gasteiger partial charge on any atom is 0.257 e. The van der Waals surface area contributed by atoms with Crippen LogP contribution < -0.4 is 10.5 Å². The van der Waals surface area contributed by atoms with Crippen LogP contribution in [0.3, 0.4) is 0 Å². The van der Waals surface area contributed by atoms with Crippen molar-refractivity contribution in [1.29, 1.82) is 5.26 Å². The maximum absolute atomic E-state index is 12.3. The van der Waals surface area contributed by atoms with E-state index < -0.39 is 0 Å². The van der Waals surface area contributed by atoms with Gasteiger partial charge in [0.25, 0.3) is 5.56 Å². The summed E-state index contributed by atoms with van der Waals surface area (Å²) in [5, 5.41) is 11.7. The van der Waals surface area contributed by atoms with Crippen LogP contribution in [0.4, 0.5) is 5.69 Å². The van der Waals surface area contributed by atoms with Crippen LogP contribution in [0.1, 0.15) is 24.1 Å². The van der Waals surface area contributed by atoms with Gasteiger partial charge in [-0.05, 0) is 60.2 Å². The number of piperazine rings is 1. The first-order valence-electron chi connectivity index (χ1n) is 10.0. The van der Waals surface area contributed by atoms with Gasteiger partial charge in [0.1, 0.15) is 0 Å². The van der Waals surface area contributed by atoms with Crippen LogP contribution in [0.5, 0.6) is 0 Å². The lowest BCUT2D eigenvalue weighted by Crippen LogP contribution is -2.49. The minimum atomic E-state index is 0.0131. The Morgan fingerprint density at radius 2 is 1.90 bits per heavy atom. The first kappa shape index (κ1) is 18.2. The predicted octanol–water partition coefficient (Wildman–Crippen LogP) is 3.83. The van der Waals surface area contributed by atoms with E-state index in [1.165, 1.54) is 11.3 Å². The number of nitriles is 1. The molecule has 1 saturated heterocycles. The Balaban J connectivity index is 1.27. The molecular formula is C23H22N4OS. The fourth-order valence-electron chi connectivity index (χ4n) is 4.42. The molecule has 2 aromatic heterocycles. The number of nitrogens with one attached hydrogen (secondary N) is 1. The van der Waals surface area contributed by atoms with Gasteiger partial charge < -0.3 is 9.88 Å². The molecule has 0 saturated carbocycles. The van der Waals surface area contributed by atoms with Crippen LogP contribution in [-0.2, 0) is 0 Å². The first-order valence-corrected chi connectivity index (χ1v) is 10.9. The Hall–Kier alpha value is -2.88. The van der Waals surface area contributed by atoms with Crippen molar-refractivity contribution in [3.8, 4) is 6.07 Å². The Bertz CT molecular complexity index is 1160. The second kappa shape index (κ2) is 7.51. The van der Waals surface area contributed by atoms with Gasteiger partial charge in [0.2, 0.25) is 0 Å². The van der Waals surface area contributed by atoms with Gasteiger partial charge in [0.15, 0.2) is 0 Å². The van der Waals surface area contributed by atoms with E-state index in [0.29, 0.717) is 11.6 Å². The smallest absolute Gasteiger partial charge is 0.257 e. The summed E-state index contributed by atoms with van der Waals surface area (Å²) in [5.41, 5.74) is 4.14. The SMILES string of the molecule is N#Cc1ccc(N2CCN([C@@H]3C=C(c4cc5sccc5c(=O)[nH]4)CC3)CC2)cc1. The zero-order valence-electron chi connectivity index (χ0n) is 16.1. The molecule has 0 radical (unpaired) electrons. The number of rotatable bonds is 3. The molecule has 1 N–H and O–H groups in total. The van der Waals surface area contributed by atoms with E-state index in [9.17, 15) is 4.79 Å². The first-order chi connectivity index (χ1) is 14.2. The number of aromatic amines is 1. The predicted molar refractivity (Wildman–Crippen MR) is 118 cm³/mol. The lowest BCUT2D eigenvalue weighted by Gasteiger charge is -2.38. The van der Waals surface area contributed by atoms with Gasteiger partial charge in [0, 0.05) is 48.3 Å². The number of anilines is 1. The van der Waals surface area contributed by atoms with Crippen molar-refractivity contribution in [3.05, 3.63) is 69.5 Å². The molecule has 6 heteroatoms. The molecule has 5 rings (SSSR count). The second-order valence-corrected chi connectivity index (χ2v) is 8.64. The molecule has 1 aliphatic carbocycles. The summed E-state index contributed by atoms with van der Waals surface area (Å²) >= 11 is 1.62. The van der Waals surface area contributed by atoms with Gasteiger partial charge in [-0.25, -0.2) is 0 Å². The maximum atomic E-state index is 12.3. The normalized spacial score (nSPS) is 20.0. The molecule has 0 unspecified atom stereocenters. The lowest BCUT2D eigenvalue weighted by molar-refractivity contribution is 0.214. The highest BCUT2D eigenvalue weighted by Crippen LogP contribution is 2.31. The summed E-state index contributed by atoms with van der Waals surface area (Å²) in [5.74, 6) is 0. The third kappa shape index (κ3) is 3.48. The zero-order chi connectivity index (χ0) is 19.8. The molecule has 29 heavy (non-hydrogen) atoms. The van der Waals surface area contributed by atoms with E-state index in [0.717, 1.165) is 54.8 Å². The molecule has 0 amide bonds. The van der Waals surface area contributed by atoms with Crippen molar-refractivity contribution >= 4 is 32.7 Å². The van der Waals surface area contributed by atoms with E-state index in [4.69, 9.17) is 5.26 Å². The highest BCUT2D eigenvalue weighted by atomic mass is 32.1. The van der Waals surface area contributed by atoms with Crippen molar-refractivity contribution in [2.75, 3.05) is 31.1 Å². The van der Waals surface area contributed by atoms with E-state index >= 15 is 0 Å². The van der Waals surface area contributed by atoms with Crippen LogP contribution in [0.15, 0.2) is 52.6 Å². The van der Waals surface area contributed by atoms with Crippen molar-refractivity contribution in [3.63, 3.8) is 0 Å². The van der Waals surface area contributed by atoms with Gasteiger partial charge in [-0.3, -0.25) is 9.69 Å². The van der Waals surface area contributed by atoms with Gasteiger partial charge in [-0.15, -0.1) is 11.3 Å². The van der Waals surface area contributed by atoms with Gasteiger partial charge in [0.05, 0.1) is 17.0 Å². The number of allylic oxidation sites excluding steroid dienone is 1. The molecule has 0 spiro atoms. The Morgan fingerprint density at radius 3 is 2.66 bits per heavy atom. The number of hydrogen-bond acceptors (Lipinski definition) is 5. The zero-order valence-corrected chi connectivity index (χ0v) is 16.9. The average molecular weight is 403 g/mol. The summed E-state index contributed by atoms with van der Waals surface area (Å²) < 4.78 is 1.06. The quantitative estimate of drug-likeness (QED) is 0.723. The Morgan fingerprint density at radius 1 is 1.10 bits per heavy atom. The van der Waals surface area contributed by atoms with Gasteiger partial charge in [-0.1, -0.05) is 6.08 Å². The van der Waals surface area contributed by atoms with Crippen LogP contribution >= 0.6 is 11.3 Å². The minimum absolute atomic E-state index is 0.0131. The fourth-order valence-corrected chi connectivity index (χ4v) is 5.25. The largest absolute Gasteiger partial charge is 0.369 e. The summed E-state index contributed by atoms with van der Waals surface area (Å²) in [6.45, 7) is 4.02. The van der Waals surface area contributed by atoms with Crippen LogP contribution in [0.2, 0.25) is 0 Å². The number of H-pyrrole nitrogens is 1. The number of aromatic nitrogens is 1. The molecule has 2 aliphatic rings. The van der Waals surface area contributed by atoms with Crippen molar-refractivity contribution < 1.29 is 0 Å². The van der Waals surface area contributed by atoms with Crippen molar-refractivity contribution in [2.45, 2.75) is 18.9 Å². The van der Waals surface area contributed by atoms with Crippen molar-refractivity contribution in [1.82, 2.24) is 9.88 Å². The third-order valence-corrected chi connectivity index (χ3v) is 6.92. The lowest BCUT2D eigenvalue weighted by atomic mass is 10.1. The minimum Gasteiger partial charge on any atom is -0.369 e. The highest BCUT2D eigenvalue weighted by molar-refractivity contribution is 7.17. The Labute approximate surface area is 173 Å². The average Bonchev–Trinajstić information content (AvgIpc) is 3.44. The molecule has 3 heterocycles. The summed E-state index contributed by atoms with van der Waals surface area (Å²) in [7, 11) is 0. The van der Waals surface area contributed by atoms with E-state index in [2.05, 4.69) is 33.0 Å². The number of nitrogens with zero attached hydrogens (tertiary/aromatic N) is 3.